The van der Waals surface area contributed by atoms with Crippen molar-refractivity contribution in [2.45, 2.75) is 32.6 Å². The van der Waals surface area contributed by atoms with Gasteiger partial charge in [0.15, 0.2) is 0 Å². The van der Waals surface area contributed by atoms with Gasteiger partial charge in [0, 0.05) is 8.99 Å². The maximum Gasteiger partial charge on any atom is 0.0136 e. The largest absolute Gasteiger partial charge is 0.0798 e. The van der Waals surface area contributed by atoms with Gasteiger partial charge in [-0.1, -0.05) is 74.0 Å². The molecule has 1 aliphatic rings. The number of benzene rings is 3. The number of fused-ring (bicyclic) bond motifs is 2. The fraction of sp³-hybridized carbons (Fsp3) is 0.200. The van der Waals surface area contributed by atoms with Gasteiger partial charge in [0.05, 0.1) is 0 Å². The van der Waals surface area contributed by atoms with Crippen molar-refractivity contribution in [1.82, 2.24) is 0 Å². The molecule has 0 unspecified atom stereocenters. The third-order valence-electron chi connectivity index (χ3n) is 5.65. The van der Waals surface area contributed by atoms with E-state index in [1.165, 1.54) is 42.2 Å². The van der Waals surface area contributed by atoms with Crippen molar-refractivity contribution >= 4 is 38.9 Å². The number of allylic oxidation sites excluding steroid dienone is 4. The third-order valence-corrected chi connectivity index (χ3v) is 6.32. The highest BCUT2D eigenvalue weighted by Crippen LogP contribution is 2.43. The van der Waals surface area contributed by atoms with E-state index in [1.807, 2.05) is 0 Å². The first-order valence-corrected chi connectivity index (χ1v) is 10.2. The molecule has 0 saturated heterocycles. The van der Waals surface area contributed by atoms with E-state index in [2.05, 4.69) is 116 Å². The number of rotatable bonds is 2. The van der Waals surface area contributed by atoms with Crippen LogP contribution in [0.1, 0.15) is 37.5 Å². The minimum Gasteiger partial charge on any atom is -0.0798 e. The first kappa shape index (κ1) is 17.5. The Bertz CT molecular complexity index is 1050. The van der Waals surface area contributed by atoms with Crippen LogP contribution >= 0.6 is 22.6 Å². The van der Waals surface area contributed by atoms with E-state index < -0.39 is 0 Å². The van der Waals surface area contributed by atoms with Crippen LogP contribution in [0.4, 0.5) is 0 Å². The van der Waals surface area contributed by atoms with Crippen molar-refractivity contribution in [2.75, 3.05) is 0 Å². The topological polar surface area (TPSA) is 0 Å². The summed E-state index contributed by atoms with van der Waals surface area (Å²) < 4.78 is 1.28. The van der Waals surface area contributed by atoms with Crippen molar-refractivity contribution in [3.05, 3.63) is 98.6 Å². The second-order valence-corrected chi connectivity index (χ2v) is 8.82. The molecule has 0 radical (unpaired) electrons. The summed E-state index contributed by atoms with van der Waals surface area (Å²) in [6.07, 6.45) is 5.69. The molecule has 0 nitrogen and oxygen atoms in total. The van der Waals surface area contributed by atoms with Crippen molar-refractivity contribution < 1.29 is 0 Å². The fourth-order valence-electron chi connectivity index (χ4n) is 4.03. The van der Waals surface area contributed by atoms with E-state index >= 15 is 0 Å². The fourth-order valence-corrected chi connectivity index (χ4v) is 4.55. The number of halogens is 1. The van der Waals surface area contributed by atoms with Crippen LogP contribution < -0.4 is 0 Å². The SMILES string of the molecule is C/C=C(\C=C1/Cc2ccccc2C1(C)C)c1ccc2cc(I)ccc2c1. The highest BCUT2D eigenvalue weighted by molar-refractivity contribution is 14.1. The van der Waals surface area contributed by atoms with Crippen LogP contribution in [0.25, 0.3) is 16.3 Å². The first-order valence-electron chi connectivity index (χ1n) is 9.14. The first-order chi connectivity index (χ1) is 12.5. The second-order valence-electron chi connectivity index (χ2n) is 7.58. The summed E-state index contributed by atoms with van der Waals surface area (Å²) in [6.45, 7) is 6.83. The molecule has 0 spiro atoms. The van der Waals surface area contributed by atoms with Gasteiger partial charge in [0.25, 0.3) is 0 Å². The van der Waals surface area contributed by atoms with Crippen LogP contribution in [0.2, 0.25) is 0 Å². The van der Waals surface area contributed by atoms with E-state index in [1.54, 1.807) is 0 Å². The maximum absolute atomic E-state index is 2.41. The van der Waals surface area contributed by atoms with Gasteiger partial charge in [-0.2, -0.15) is 0 Å². The minimum atomic E-state index is 0.0951. The van der Waals surface area contributed by atoms with Crippen molar-refractivity contribution in [3.8, 4) is 0 Å². The van der Waals surface area contributed by atoms with Gasteiger partial charge in [-0.3, -0.25) is 0 Å². The van der Waals surface area contributed by atoms with Crippen molar-refractivity contribution in [1.29, 1.82) is 0 Å². The standard InChI is InChI=1S/C25H23I/c1-4-17(18-9-10-20-16-23(26)12-11-19(20)13-18)14-22-15-21-7-5-6-8-24(21)25(22,2)3/h4-14,16H,15H2,1-3H3/b17-4+,22-14+. The molecule has 0 heterocycles. The Balaban J connectivity index is 1.75. The molecule has 0 atom stereocenters. The van der Waals surface area contributed by atoms with Crippen LogP contribution in [-0.2, 0) is 11.8 Å². The zero-order valence-electron chi connectivity index (χ0n) is 15.5. The Morgan fingerprint density at radius 3 is 2.46 bits per heavy atom. The van der Waals surface area contributed by atoms with Gasteiger partial charge >= 0.3 is 0 Å². The lowest BCUT2D eigenvalue weighted by Gasteiger charge is -2.22. The average molecular weight is 450 g/mol. The van der Waals surface area contributed by atoms with Gasteiger partial charge in [-0.25, -0.2) is 0 Å². The molecule has 1 heteroatoms. The summed E-state index contributed by atoms with van der Waals surface area (Å²) in [6, 6.07) is 22.3. The predicted molar refractivity (Wildman–Crippen MR) is 122 cm³/mol. The molecular formula is C25H23I. The Morgan fingerprint density at radius 1 is 0.962 bits per heavy atom. The molecule has 0 aromatic heterocycles. The maximum atomic E-state index is 2.41. The summed E-state index contributed by atoms with van der Waals surface area (Å²) in [5.74, 6) is 0. The Hall–Kier alpha value is -1.87. The van der Waals surface area contributed by atoms with E-state index in [0.29, 0.717) is 0 Å². The number of hydrogen-bond donors (Lipinski definition) is 0. The molecular weight excluding hydrogens is 427 g/mol. The second kappa shape index (κ2) is 6.70. The van der Waals surface area contributed by atoms with Gasteiger partial charge < -0.3 is 0 Å². The van der Waals surface area contributed by atoms with Gasteiger partial charge in [0.2, 0.25) is 0 Å². The molecule has 0 saturated carbocycles. The van der Waals surface area contributed by atoms with E-state index in [4.69, 9.17) is 0 Å². The molecule has 3 aromatic rings. The van der Waals surface area contributed by atoms with Crippen LogP contribution in [0.5, 0.6) is 0 Å². The number of hydrogen-bond acceptors (Lipinski definition) is 0. The summed E-state index contributed by atoms with van der Waals surface area (Å²) >= 11 is 2.37. The van der Waals surface area contributed by atoms with Gasteiger partial charge in [-0.15, -0.1) is 0 Å². The molecule has 4 rings (SSSR count). The van der Waals surface area contributed by atoms with Crippen LogP contribution in [0.3, 0.4) is 0 Å². The summed E-state index contributed by atoms with van der Waals surface area (Å²) in [7, 11) is 0. The van der Waals surface area contributed by atoms with Crippen LogP contribution in [0.15, 0.2) is 78.4 Å². The summed E-state index contributed by atoms with van der Waals surface area (Å²) in [5.41, 5.74) is 7.12. The Labute approximate surface area is 169 Å². The molecule has 130 valence electrons. The van der Waals surface area contributed by atoms with Crippen molar-refractivity contribution in [3.63, 3.8) is 0 Å². The Morgan fingerprint density at radius 2 is 1.69 bits per heavy atom. The molecule has 0 N–H and O–H groups in total. The zero-order valence-corrected chi connectivity index (χ0v) is 17.7. The molecule has 0 fully saturated rings. The normalized spacial score (nSPS) is 17.7. The minimum absolute atomic E-state index is 0.0951. The molecule has 0 bridgehead atoms. The summed E-state index contributed by atoms with van der Waals surface area (Å²) in [4.78, 5) is 0. The summed E-state index contributed by atoms with van der Waals surface area (Å²) in [5, 5.41) is 2.60. The Kier molecular flexibility index (Phi) is 4.52. The third kappa shape index (κ3) is 3.03. The van der Waals surface area contributed by atoms with Crippen LogP contribution in [0, 0.1) is 3.57 Å². The van der Waals surface area contributed by atoms with E-state index in [0.717, 1.165) is 6.42 Å². The van der Waals surface area contributed by atoms with Crippen LogP contribution in [-0.4, -0.2) is 0 Å². The van der Waals surface area contributed by atoms with E-state index in [-0.39, 0.29) is 5.41 Å². The van der Waals surface area contributed by atoms with Gasteiger partial charge in [0.1, 0.15) is 0 Å². The molecule has 1 aliphatic carbocycles. The molecule has 26 heavy (non-hydrogen) atoms. The van der Waals surface area contributed by atoms with Crippen molar-refractivity contribution in [2.24, 2.45) is 0 Å². The highest BCUT2D eigenvalue weighted by atomic mass is 127. The lowest BCUT2D eigenvalue weighted by atomic mass is 9.81. The zero-order chi connectivity index (χ0) is 18.3. The highest BCUT2D eigenvalue weighted by Gasteiger charge is 2.34. The molecule has 0 aliphatic heterocycles. The average Bonchev–Trinajstić information content (AvgIpc) is 2.90. The predicted octanol–water partition coefficient (Wildman–Crippen LogP) is 7.31. The quantitative estimate of drug-likeness (QED) is 0.359. The smallest absolute Gasteiger partial charge is 0.0136 e. The lowest BCUT2D eigenvalue weighted by Crippen LogP contribution is -2.15. The molecule has 3 aromatic carbocycles. The lowest BCUT2D eigenvalue weighted by molar-refractivity contribution is 0.644. The monoisotopic (exact) mass is 450 g/mol. The van der Waals surface area contributed by atoms with E-state index in [9.17, 15) is 0 Å². The van der Waals surface area contributed by atoms with Gasteiger partial charge in [-0.05, 0) is 87.2 Å². The molecule has 0 amide bonds.